The van der Waals surface area contributed by atoms with Crippen LogP contribution in [-0.4, -0.2) is 70.4 Å². The Labute approximate surface area is 194 Å². The second kappa shape index (κ2) is 14.2. The van der Waals surface area contributed by atoms with Crippen LogP contribution in [0.3, 0.4) is 0 Å². The van der Waals surface area contributed by atoms with Crippen LogP contribution in [0.15, 0.2) is 34.2 Å². The molecule has 0 aliphatic rings. The molecule has 7 nitrogen and oxygen atoms in total. The van der Waals surface area contributed by atoms with Gasteiger partial charge in [-0.05, 0) is 51.0 Å². The maximum Gasteiger partial charge on any atom is 0.242 e. The summed E-state index contributed by atoms with van der Waals surface area (Å²) in [7, 11) is 1.32. The van der Waals surface area contributed by atoms with E-state index in [0.29, 0.717) is 23.0 Å². The topological polar surface area (TPSA) is 77.0 Å². The zero-order valence-corrected chi connectivity index (χ0v) is 21.8. The molecule has 9 heteroatoms. The molecule has 1 aromatic carbocycles. The van der Waals surface area contributed by atoms with Gasteiger partial charge in [-0.1, -0.05) is 32.0 Å². The van der Waals surface area contributed by atoms with Crippen LogP contribution in [0, 0.1) is 0 Å². The molecule has 0 saturated carbocycles. The molecule has 0 saturated heterocycles. The molecule has 0 aliphatic carbocycles. The maximum absolute atomic E-state index is 12.5. The number of hydrogen-bond acceptors (Lipinski definition) is 4. The fourth-order valence-corrected chi connectivity index (χ4v) is 4.05. The monoisotopic (exact) mass is 539 g/mol. The highest BCUT2D eigenvalue weighted by molar-refractivity contribution is 14.0. The molecule has 0 aromatic heterocycles. The van der Waals surface area contributed by atoms with E-state index >= 15 is 0 Å². The van der Waals surface area contributed by atoms with Gasteiger partial charge in [0.1, 0.15) is 0 Å². The van der Waals surface area contributed by atoms with Crippen LogP contribution >= 0.6 is 24.0 Å². The minimum Gasteiger partial charge on any atom is -0.354 e. The van der Waals surface area contributed by atoms with E-state index in [1.807, 2.05) is 12.1 Å². The molecule has 29 heavy (non-hydrogen) atoms. The number of guanidine groups is 1. The Bertz CT molecular complexity index is 721. The van der Waals surface area contributed by atoms with E-state index in [-0.39, 0.29) is 30.0 Å². The molecule has 1 aromatic rings. The van der Waals surface area contributed by atoms with Crippen molar-refractivity contribution in [2.45, 2.75) is 51.1 Å². The summed E-state index contributed by atoms with van der Waals surface area (Å²) in [6.07, 6.45) is 2.17. The van der Waals surface area contributed by atoms with Crippen molar-refractivity contribution >= 4 is 40.0 Å². The van der Waals surface area contributed by atoms with Crippen molar-refractivity contribution in [3.05, 3.63) is 29.8 Å². The Morgan fingerprint density at radius 2 is 1.79 bits per heavy atom. The summed E-state index contributed by atoms with van der Waals surface area (Å²) in [5.41, 5.74) is 0.716. The molecule has 0 fully saturated rings. The number of rotatable bonds is 11. The molecule has 0 spiro atoms. The highest BCUT2D eigenvalue weighted by atomic mass is 127. The van der Waals surface area contributed by atoms with Gasteiger partial charge in [0.05, 0.1) is 4.90 Å². The molecule has 1 rings (SSSR count). The standard InChI is InChI=1S/C20H37N5O2S.HI/c1-7-25(8-2)15-11-12-17(3)23-20(21-4)22-16-18-13-9-10-14-19(18)28(26,27)24(5)6;/h9-10,13-14,17H,7-8,11-12,15-16H2,1-6H3,(H2,21,22,23);1H. The molecule has 0 bridgehead atoms. The fourth-order valence-electron chi connectivity index (χ4n) is 2.94. The second-order valence-electron chi connectivity index (χ2n) is 7.04. The molecule has 168 valence electrons. The van der Waals surface area contributed by atoms with Gasteiger partial charge in [0, 0.05) is 33.7 Å². The third kappa shape index (κ3) is 9.18. The first kappa shape index (κ1) is 28.1. The molecule has 2 N–H and O–H groups in total. The van der Waals surface area contributed by atoms with Crippen LogP contribution in [0.2, 0.25) is 0 Å². The molecular formula is C20H38IN5O2S. The lowest BCUT2D eigenvalue weighted by Gasteiger charge is -2.21. The van der Waals surface area contributed by atoms with Crippen LogP contribution in [-0.2, 0) is 16.6 Å². The SMILES string of the molecule is CCN(CC)CCCC(C)NC(=NC)NCc1ccccc1S(=O)(=O)N(C)C.I. The smallest absolute Gasteiger partial charge is 0.242 e. The van der Waals surface area contributed by atoms with E-state index in [4.69, 9.17) is 0 Å². The first-order valence-electron chi connectivity index (χ1n) is 9.96. The number of sulfonamides is 1. The summed E-state index contributed by atoms with van der Waals surface area (Å²) in [5, 5.41) is 6.62. The normalized spacial score (nSPS) is 13.3. The van der Waals surface area contributed by atoms with Crippen LogP contribution in [0.4, 0.5) is 0 Å². The molecular weight excluding hydrogens is 501 g/mol. The van der Waals surface area contributed by atoms with Crippen molar-refractivity contribution in [2.24, 2.45) is 4.99 Å². The van der Waals surface area contributed by atoms with Crippen molar-refractivity contribution in [3.63, 3.8) is 0 Å². The van der Waals surface area contributed by atoms with Gasteiger partial charge in [0.2, 0.25) is 10.0 Å². The molecule has 0 amide bonds. The Morgan fingerprint density at radius 3 is 2.34 bits per heavy atom. The van der Waals surface area contributed by atoms with E-state index in [1.165, 1.54) is 4.31 Å². The quantitative estimate of drug-likeness (QED) is 0.257. The summed E-state index contributed by atoms with van der Waals surface area (Å²) >= 11 is 0. The number of hydrogen-bond donors (Lipinski definition) is 2. The van der Waals surface area contributed by atoms with Gasteiger partial charge in [0.15, 0.2) is 5.96 Å². The van der Waals surface area contributed by atoms with E-state index in [1.54, 1.807) is 33.3 Å². The van der Waals surface area contributed by atoms with Crippen LogP contribution in [0.5, 0.6) is 0 Å². The van der Waals surface area contributed by atoms with Crippen molar-refractivity contribution in [3.8, 4) is 0 Å². The highest BCUT2D eigenvalue weighted by Gasteiger charge is 2.20. The zero-order chi connectivity index (χ0) is 21.2. The summed E-state index contributed by atoms with van der Waals surface area (Å²) < 4.78 is 26.3. The van der Waals surface area contributed by atoms with Gasteiger partial charge in [-0.3, -0.25) is 4.99 Å². The van der Waals surface area contributed by atoms with Gasteiger partial charge in [-0.2, -0.15) is 0 Å². The minimum atomic E-state index is -3.48. The molecule has 0 aliphatic heterocycles. The largest absolute Gasteiger partial charge is 0.354 e. The molecule has 0 heterocycles. The molecule has 1 unspecified atom stereocenters. The molecule has 0 radical (unpaired) electrons. The highest BCUT2D eigenvalue weighted by Crippen LogP contribution is 2.18. The first-order chi connectivity index (χ1) is 13.3. The predicted molar refractivity (Wildman–Crippen MR) is 133 cm³/mol. The Hall–Kier alpha value is -0.910. The van der Waals surface area contributed by atoms with Gasteiger partial charge < -0.3 is 15.5 Å². The fraction of sp³-hybridized carbons (Fsp3) is 0.650. The van der Waals surface area contributed by atoms with Crippen LogP contribution in [0.1, 0.15) is 39.2 Å². The van der Waals surface area contributed by atoms with E-state index < -0.39 is 10.0 Å². The van der Waals surface area contributed by atoms with Gasteiger partial charge in [-0.25, -0.2) is 12.7 Å². The lowest BCUT2D eigenvalue weighted by Crippen LogP contribution is -2.42. The maximum atomic E-state index is 12.5. The number of halogens is 1. The third-order valence-electron chi connectivity index (χ3n) is 4.79. The van der Waals surface area contributed by atoms with E-state index in [2.05, 4.69) is 41.3 Å². The number of nitrogens with one attached hydrogen (secondary N) is 2. The predicted octanol–water partition coefficient (Wildman–Crippen LogP) is 2.73. The molecule has 1 atom stereocenters. The van der Waals surface area contributed by atoms with Crippen molar-refractivity contribution in [1.82, 2.24) is 19.8 Å². The Morgan fingerprint density at radius 1 is 1.17 bits per heavy atom. The number of aliphatic imine (C=N–C) groups is 1. The van der Waals surface area contributed by atoms with Gasteiger partial charge in [0.25, 0.3) is 0 Å². The second-order valence-corrected chi connectivity index (χ2v) is 9.16. The van der Waals surface area contributed by atoms with Crippen molar-refractivity contribution in [2.75, 3.05) is 40.8 Å². The number of nitrogens with zero attached hydrogens (tertiary/aromatic N) is 3. The summed E-state index contributed by atoms with van der Waals surface area (Å²) in [5.74, 6) is 0.674. The van der Waals surface area contributed by atoms with Crippen molar-refractivity contribution < 1.29 is 8.42 Å². The first-order valence-corrected chi connectivity index (χ1v) is 11.4. The minimum absolute atomic E-state index is 0. The van der Waals surface area contributed by atoms with E-state index in [9.17, 15) is 8.42 Å². The summed E-state index contributed by atoms with van der Waals surface area (Å²) in [4.78, 5) is 7.00. The van der Waals surface area contributed by atoms with E-state index in [0.717, 1.165) is 32.5 Å². The Kier molecular flexibility index (Phi) is 13.7. The van der Waals surface area contributed by atoms with Crippen molar-refractivity contribution in [1.29, 1.82) is 0 Å². The third-order valence-corrected chi connectivity index (χ3v) is 6.71. The average molecular weight is 540 g/mol. The van der Waals surface area contributed by atoms with Crippen LogP contribution < -0.4 is 10.6 Å². The number of benzene rings is 1. The average Bonchev–Trinajstić information content (AvgIpc) is 2.68. The summed E-state index contributed by atoms with van der Waals surface area (Å²) in [6, 6.07) is 7.33. The lowest BCUT2D eigenvalue weighted by atomic mass is 10.2. The van der Waals surface area contributed by atoms with Crippen LogP contribution in [0.25, 0.3) is 0 Å². The van der Waals surface area contributed by atoms with Gasteiger partial charge in [-0.15, -0.1) is 24.0 Å². The van der Waals surface area contributed by atoms with Gasteiger partial charge >= 0.3 is 0 Å². The summed E-state index contributed by atoms with van der Waals surface area (Å²) in [6.45, 7) is 10.2. The zero-order valence-electron chi connectivity index (χ0n) is 18.6. The Balaban J connectivity index is 0.00000784. The lowest BCUT2D eigenvalue weighted by molar-refractivity contribution is 0.292.